The maximum atomic E-state index is 12.9. The number of phosphoric acid groups is 1. The van der Waals surface area contributed by atoms with Gasteiger partial charge in [0.25, 0.3) is 7.82 Å². The zero-order chi connectivity index (χ0) is 45.8. The van der Waals surface area contributed by atoms with Gasteiger partial charge in [-0.1, -0.05) is 204 Å². The van der Waals surface area contributed by atoms with E-state index in [0.717, 1.165) is 44.9 Å². The quantitative estimate of drug-likeness (QED) is 0.0240. The summed E-state index contributed by atoms with van der Waals surface area (Å²) in [6.07, 6.45) is 50.8. The summed E-state index contributed by atoms with van der Waals surface area (Å²) in [5, 5.41) is 24.6. The van der Waals surface area contributed by atoms with Gasteiger partial charge in [-0.3, -0.25) is 9.36 Å². The topological polar surface area (TPSA) is 128 Å². The highest BCUT2D eigenvalue weighted by Gasteiger charge is 2.29. The minimum atomic E-state index is -4.68. The zero-order valence-electron chi connectivity index (χ0n) is 41.2. The van der Waals surface area contributed by atoms with Crippen molar-refractivity contribution in [2.75, 3.05) is 40.9 Å². The van der Waals surface area contributed by atoms with E-state index in [1.807, 2.05) is 28.1 Å². The number of quaternary nitrogens is 1. The highest BCUT2D eigenvalue weighted by Crippen LogP contribution is 2.38. The molecule has 0 heterocycles. The second kappa shape index (κ2) is 43.6. The van der Waals surface area contributed by atoms with Crippen LogP contribution in [0.3, 0.4) is 0 Å². The predicted octanol–water partition coefficient (Wildman–Crippen LogP) is 13.4. The molecule has 0 aliphatic rings. The number of hydrogen-bond acceptors (Lipinski definition) is 7. The molecule has 0 rings (SSSR count). The van der Waals surface area contributed by atoms with E-state index in [4.69, 9.17) is 9.05 Å². The zero-order valence-corrected chi connectivity index (χ0v) is 42.1. The van der Waals surface area contributed by atoms with Crippen LogP contribution in [-0.4, -0.2) is 79.8 Å². The Kier molecular flexibility index (Phi) is 42.6. The van der Waals surface area contributed by atoms with Gasteiger partial charge in [0, 0.05) is 6.42 Å². The van der Waals surface area contributed by atoms with Crippen LogP contribution in [0.1, 0.15) is 232 Å². The molecule has 1 amide bonds. The van der Waals surface area contributed by atoms with Crippen LogP contribution in [0.15, 0.2) is 36.5 Å². The molecule has 0 aliphatic carbocycles. The van der Waals surface area contributed by atoms with Crippen LogP contribution in [0.2, 0.25) is 0 Å². The fourth-order valence-electron chi connectivity index (χ4n) is 7.65. The van der Waals surface area contributed by atoms with E-state index < -0.39 is 32.7 Å². The third-order valence-electron chi connectivity index (χ3n) is 11.8. The van der Waals surface area contributed by atoms with Gasteiger partial charge in [-0.15, -0.1) is 0 Å². The van der Waals surface area contributed by atoms with Gasteiger partial charge < -0.3 is 34.0 Å². The largest absolute Gasteiger partial charge is 0.756 e. The molecule has 0 aromatic rings. The summed E-state index contributed by atoms with van der Waals surface area (Å²) in [5.41, 5.74) is 0. The molecule has 0 spiro atoms. The number of nitrogens with one attached hydrogen (secondary N) is 1. The van der Waals surface area contributed by atoms with Crippen LogP contribution in [0, 0.1) is 0 Å². The Bertz CT molecular complexity index is 1120. The first kappa shape index (κ1) is 60.7. The number of carbonyl (C=O) groups excluding carboxylic acids is 1. The number of hydrogen-bond donors (Lipinski definition) is 3. The van der Waals surface area contributed by atoms with Crippen molar-refractivity contribution in [2.45, 2.75) is 250 Å². The fraction of sp³-hybridized carbons (Fsp3) is 0.865. The average Bonchev–Trinajstić information content (AvgIpc) is 3.23. The molecule has 0 saturated carbocycles. The maximum absolute atomic E-state index is 12.9. The number of allylic oxidation sites excluding steroid dienone is 6. The average molecular weight is 897 g/mol. The summed E-state index contributed by atoms with van der Waals surface area (Å²) in [5.74, 6) is -0.292. The van der Waals surface area contributed by atoms with E-state index in [9.17, 15) is 24.5 Å². The molecule has 0 radical (unpaired) electrons. The Hall–Kier alpha value is -1.32. The Labute approximate surface area is 383 Å². The van der Waals surface area contributed by atoms with E-state index in [1.165, 1.54) is 148 Å². The van der Waals surface area contributed by atoms with Crippen molar-refractivity contribution in [1.82, 2.24) is 5.32 Å². The lowest BCUT2D eigenvalue weighted by Gasteiger charge is -2.31. The van der Waals surface area contributed by atoms with Crippen LogP contribution >= 0.6 is 7.82 Å². The molecule has 366 valence electrons. The molecule has 0 aromatic heterocycles. The highest BCUT2D eigenvalue weighted by molar-refractivity contribution is 7.45. The molecule has 62 heavy (non-hydrogen) atoms. The van der Waals surface area contributed by atoms with Crippen molar-refractivity contribution in [3.8, 4) is 0 Å². The van der Waals surface area contributed by atoms with Crippen LogP contribution in [0.4, 0.5) is 0 Å². The molecular weight excluding hydrogens is 796 g/mol. The van der Waals surface area contributed by atoms with Gasteiger partial charge >= 0.3 is 0 Å². The number of phosphoric ester groups is 1. The van der Waals surface area contributed by atoms with Crippen LogP contribution < -0.4 is 10.2 Å². The first-order valence-electron chi connectivity index (χ1n) is 25.9. The van der Waals surface area contributed by atoms with Gasteiger partial charge in [-0.25, -0.2) is 0 Å². The monoisotopic (exact) mass is 897 g/mol. The number of likely N-dealkylation sites (N-methyl/N-ethyl adjacent to an activating group) is 1. The summed E-state index contributed by atoms with van der Waals surface area (Å²) >= 11 is 0. The smallest absolute Gasteiger partial charge is 0.268 e. The molecule has 0 fully saturated rings. The van der Waals surface area contributed by atoms with Crippen molar-refractivity contribution in [1.29, 1.82) is 0 Å². The first-order chi connectivity index (χ1) is 29.9. The van der Waals surface area contributed by atoms with E-state index in [-0.39, 0.29) is 18.9 Å². The van der Waals surface area contributed by atoms with Gasteiger partial charge in [0.1, 0.15) is 19.3 Å². The normalized spacial score (nSPS) is 14.9. The minimum Gasteiger partial charge on any atom is -0.756 e. The standard InChI is InChI=1S/C52H101N2O7P/c1-6-8-10-12-14-16-18-20-21-22-23-24-25-26-27-28-29-30-31-32-33-35-37-39-41-43-45-51(56)53-49(48-61-62(58,59)60-47-46-54(3,4)5)52(57)50(55)44-42-40-38-36-34-19-17-15-13-11-9-7-2/h7,9,15,17,36,38,49-50,52,55,57H,6,8,10-14,16,18-35,37,39-48H2,1-5H3,(H-,53,56,58,59)/b9-7+,17-15+,38-36+. The van der Waals surface area contributed by atoms with E-state index in [0.29, 0.717) is 30.3 Å². The Balaban J connectivity index is 4.23. The summed E-state index contributed by atoms with van der Waals surface area (Å²) < 4.78 is 23.2. The molecule has 3 N–H and O–H groups in total. The Morgan fingerprint density at radius 1 is 0.597 bits per heavy atom. The van der Waals surface area contributed by atoms with Gasteiger partial charge in [-0.05, 0) is 58.3 Å². The van der Waals surface area contributed by atoms with Crippen molar-refractivity contribution < 1.29 is 38.0 Å². The number of nitrogens with zero attached hydrogens (tertiary/aromatic N) is 1. The molecule has 4 unspecified atom stereocenters. The van der Waals surface area contributed by atoms with Crippen molar-refractivity contribution in [3.63, 3.8) is 0 Å². The van der Waals surface area contributed by atoms with E-state index >= 15 is 0 Å². The molecule has 10 heteroatoms. The molecule has 0 saturated heterocycles. The fourth-order valence-corrected chi connectivity index (χ4v) is 8.37. The second-order valence-corrected chi connectivity index (χ2v) is 20.4. The van der Waals surface area contributed by atoms with Gasteiger partial charge in [-0.2, -0.15) is 0 Å². The van der Waals surface area contributed by atoms with Crippen LogP contribution in [0.25, 0.3) is 0 Å². The Morgan fingerprint density at radius 2 is 0.984 bits per heavy atom. The summed E-state index contributed by atoms with van der Waals surface area (Å²) in [7, 11) is 1.10. The minimum absolute atomic E-state index is 0.0492. The Morgan fingerprint density at radius 3 is 1.39 bits per heavy atom. The number of aliphatic hydroxyl groups is 2. The summed E-state index contributed by atoms with van der Waals surface area (Å²) in [6, 6.07) is -1.10. The van der Waals surface area contributed by atoms with Crippen molar-refractivity contribution in [3.05, 3.63) is 36.5 Å². The predicted molar refractivity (Wildman–Crippen MR) is 262 cm³/mol. The van der Waals surface area contributed by atoms with Crippen LogP contribution in [-0.2, 0) is 18.4 Å². The molecule has 0 bridgehead atoms. The lowest BCUT2D eigenvalue weighted by Crippen LogP contribution is -2.51. The number of aliphatic hydroxyl groups excluding tert-OH is 2. The number of rotatable bonds is 47. The molecule has 0 aromatic carbocycles. The number of amides is 1. The van der Waals surface area contributed by atoms with Gasteiger partial charge in [0.2, 0.25) is 5.91 Å². The molecule has 4 atom stereocenters. The van der Waals surface area contributed by atoms with E-state index in [2.05, 4.69) is 48.7 Å². The maximum Gasteiger partial charge on any atom is 0.268 e. The molecular formula is C52H101N2O7P. The number of unbranched alkanes of at least 4 members (excludes halogenated alkanes) is 28. The lowest BCUT2D eigenvalue weighted by atomic mass is 10.0. The highest BCUT2D eigenvalue weighted by atomic mass is 31.2. The van der Waals surface area contributed by atoms with Crippen molar-refractivity contribution >= 4 is 13.7 Å². The van der Waals surface area contributed by atoms with Gasteiger partial charge in [0.05, 0.1) is 39.9 Å². The van der Waals surface area contributed by atoms with Crippen LogP contribution in [0.5, 0.6) is 0 Å². The lowest BCUT2D eigenvalue weighted by molar-refractivity contribution is -0.870. The third kappa shape index (κ3) is 43.9. The first-order valence-corrected chi connectivity index (χ1v) is 27.3. The summed E-state index contributed by atoms with van der Waals surface area (Å²) in [6.45, 7) is 4.21. The SMILES string of the molecule is C/C=C/CC/C=C/CC/C=C/CCCC(O)C(O)C(COP(=O)([O-])OCC[N+](C)(C)C)NC(=O)CCCCCCCCCCCCCCCCCCCCCCCCCCCC. The van der Waals surface area contributed by atoms with Crippen molar-refractivity contribution in [2.24, 2.45) is 0 Å². The summed E-state index contributed by atoms with van der Waals surface area (Å²) in [4.78, 5) is 25.4. The number of carbonyl (C=O) groups is 1. The second-order valence-electron chi connectivity index (χ2n) is 19.0. The molecule has 0 aliphatic heterocycles. The van der Waals surface area contributed by atoms with Gasteiger partial charge in [0.15, 0.2) is 0 Å². The molecule has 9 nitrogen and oxygen atoms in total. The van der Waals surface area contributed by atoms with E-state index in [1.54, 1.807) is 0 Å². The third-order valence-corrected chi connectivity index (χ3v) is 12.7.